The molecule has 0 saturated heterocycles. The van der Waals surface area contributed by atoms with Gasteiger partial charge in [-0.05, 0) is 50.0 Å². The molecule has 0 aliphatic heterocycles. The van der Waals surface area contributed by atoms with Gasteiger partial charge in [-0.3, -0.25) is 24.5 Å². The van der Waals surface area contributed by atoms with Gasteiger partial charge < -0.3 is 16.6 Å². The van der Waals surface area contributed by atoms with Crippen LogP contribution in [0, 0.1) is 0 Å². The van der Waals surface area contributed by atoms with E-state index in [9.17, 15) is 9.59 Å². The molecule has 34 heavy (non-hydrogen) atoms. The first-order valence-corrected chi connectivity index (χ1v) is 12.6. The van der Waals surface area contributed by atoms with Crippen LogP contribution in [0.5, 0.6) is 0 Å². The van der Waals surface area contributed by atoms with Crippen LogP contribution in [0.4, 0.5) is 5.95 Å². The third kappa shape index (κ3) is 11.9. The van der Waals surface area contributed by atoms with E-state index >= 15 is 0 Å². The summed E-state index contributed by atoms with van der Waals surface area (Å²) in [5.41, 5.74) is 12.1. The number of anilines is 1. The van der Waals surface area contributed by atoms with Crippen LogP contribution in [0.1, 0.15) is 38.1 Å². The third-order valence-corrected chi connectivity index (χ3v) is 3.45. The van der Waals surface area contributed by atoms with E-state index in [0.29, 0.717) is 41.8 Å². The van der Waals surface area contributed by atoms with E-state index in [0.717, 1.165) is 0 Å². The van der Waals surface area contributed by atoms with Crippen LogP contribution < -0.4 is 16.8 Å². The summed E-state index contributed by atoms with van der Waals surface area (Å²) in [5, 5.41) is 11.6. The molecule has 0 aromatic carbocycles. The number of nitrogens with zero attached hydrogens (tertiary/aromatic N) is 4. The molecule has 10 nitrogen and oxygen atoms in total. The lowest BCUT2D eigenvalue weighted by atomic mass is 10.3. The first-order chi connectivity index (χ1) is 16.4. The molecule has 6 N–H and O–H groups in total. The van der Waals surface area contributed by atoms with Crippen molar-refractivity contribution >= 4 is 56.7 Å². The molecular weight excluding hydrogens is 478 g/mol. The summed E-state index contributed by atoms with van der Waals surface area (Å²) in [4.78, 5) is 36.3. The lowest BCUT2D eigenvalue weighted by Gasteiger charge is -2.08. The van der Waals surface area contributed by atoms with Crippen LogP contribution in [-0.2, 0) is 11.3 Å². The minimum absolute atomic E-state index is 0.106. The first kappa shape index (κ1) is 33.4. The van der Waals surface area contributed by atoms with Crippen molar-refractivity contribution in [3.63, 3.8) is 0 Å². The van der Waals surface area contributed by atoms with Crippen LogP contribution in [-0.4, -0.2) is 64.0 Å². The molecule has 0 aliphatic carbocycles. The minimum atomic E-state index is -0.458. The van der Waals surface area contributed by atoms with E-state index < -0.39 is 5.91 Å². The van der Waals surface area contributed by atoms with E-state index in [2.05, 4.69) is 26.0 Å². The van der Waals surface area contributed by atoms with Crippen LogP contribution in [0.3, 0.4) is 0 Å². The normalized spacial score (nSPS) is 11.0. The van der Waals surface area contributed by atoms with Crippen molar-refractivity contribution in [2.24, 2.45) is 16.5 Å². The third-order valence-electron chi connectivity index (χ3n) is 3.45. The molecule has 0 fully saturated rings. The smallest absolute Gasteiger partial charge is 0.276 e. The molecule has 0 spiro atoms. The Morgan fingerprint density at radius 1 is 1.35 bits per heavy atom. The molecule has 2 rings (SSSR count). The SMILES string of the molecule is CC.CCN=C(/C=C(/C)N)C(=O)Nc1nc2cc(C=O)cnc2n1C/C=C/CO.CN.CSCl. The number of imidazole rings is 1. The Bertz CT molecular complexity index is 955. The summed E-state index contributed by atoms with van der Waals surface area (Å²) in [6, 6.07) is 1.59. The predicted molar refractivity (Wildman–Crippen MR) is 145 cm³/mol. The van der Waals surface area contributed by atoms with Crippen LogP contribution in [0.25, 0.3) is 11.2 Å². The number of aliphatic hydroxyl groups excluding tert-OH is 1. The Balaban J connectivity index is 0. The molecule has 0 atom stereocenters. The summed E-state index contributed by atoms with van der Waals surface area (Å²) >= 11 is 0. The number of allylic oxidation sites excluding steroid dienone is 2. The number of nitrogens with one attached hydrogen (secondary N) is 1. The number of fused-ring (bicyclic) bond motifs is 1. The monoisotopic (exact) mass is 513 g/mol. The van der Waals surface area contributed by atoms with Gasteiger partial charge in [0.25, 0.3) is 5.91 Å². The molecule has 190 valence electrons. The molecule has 0 bridgehead atoms. The van der Waals surface area contributed by atoms with E-state index in [-0.39, 0.29) is 18.3 Å². The summed E-state index contributed by atoms with van der Waals surface area (Å²) in [7, 11) is 7.64. The summed E-state index contributed by atoms with van der Waals surface area (Å²) in [6.07, 6.45) is 8.69. The van der Waals surface area contributed by atoms with Crippen LogP contribution >= 0.6 is 21.7 Å². The van der Waals surface area contributed by atoms with Gasteiger partial charge in [-0.1, -0.05) is 37.0 Å². The fraction of sp³-hybridized carbons (Fsp3) is 0.409. The van der Waals surface area contributed by atoms with E-state index in [4.69, 9.17) is 21.5 Å². The topological polar surface area (TPSA) is 162 Å². The standard InChI is InChI=1S/C18H22N6O3.C2H6.CH3ClS.CH5N/c1-3-20-15(8-12(2)19)17(27)23-18-22-14-9-13(11-26)10-21-16(14)24(18)6-4-5-7-25;1-2;1-3-2;1-2/h4-5,8-11,25H,3,6-7,19H2,1-2H3,(H,22,23,27);1-2H3;1H3;2H2,1H3/b5-4+,12-8-,20-15?;;;. The first-order valence-electron chi connectivity index (χ1n) is 10.5. The lowest BCUT2D eigenvalue weighted by molar-refractivity contribution is -0.110. The molecule has 1 amide bonds. The number of hydrogen-bond donors (Lipinski definition) is 4. The van der Waals surface area contributed by atoms with E-state index in [1.165, 1.54) is 30.3 Å². The van der Waals surface area contributed by atoms with Gasteiger partial charge in [-0.2, -0.15) is 0 Å². The second-order valence-corrected chi connectivity index (χ2v) is 7.02. The number of pyridine rings is 1. The maximum absolute atomic E-state index is 12.6. The summed E-state index contributed by atoms with van der Waals surface area (Å²) < 4.78 is 1.66. The van der Waals surface area contributed by atoms with E-state index in [1.807, 2.05) is 27.0 Å². The number of aliphatic imine (C=N–C) groups is 1. The van der Waals surface area contributed by atoms with Crippen molar-refractivity contribution in [3.05, 3.63) is 41.8 Å². The van der Waals surface area contributed by atoms with Gasteiger partial charge in [0.05, 0.1) is 6.61 Å². The largest absolute Gasteiger partial charge is 0.402 e. The molecule has 0 saturated carbocycles. The second-order valence-electron chi connectivity index (χ2n) is 5.79. The van der Waals surface area contributed by atoms with Crippen molar-refractivity contribution in [1.82, 2.24) is 14.5 Å². The Morgan fingerprint density at radius 3 is 2.47 bits per heavy atom. The maximum Gasteiger partial charge on any atom is 0.276 e. The van der Waals surface area contributed by atoms with Gasteiger partial charge in [0.1, 0.15) is 11.2 Å². The summed E-state index contributed by atoms with van der Waals surface area (Å²) in [6.45, 7) is 8.12. The molecule has 2 aromatic rings. The zero-order valence-corrected chi connectivity index (χ0v) is 22.2. The van der Waals surface area contributed by atoms with Crippen molar-refractivity contribution in [2.75, 3.05) is 31.8 Å². The number of rotatable bonds is 8. The Morgan fingerprint density at radius 2 is 1.97 bits per heavy atom. The van der Waals surface area contributed by atoms with Crippen LogP contribution in [0.2, 0.25) is 0 Å². The number of nitrogens with two attached hydrogens (primary N) is 2. The fourth-order valence-electron chi connectivity index (χ4n) is 2.35. The van der Waals surface area contributed by atoms with Gasteiger partial charge in [-0.15, -0.1) is 0 Å². The molecule has 0 unspecified atom stereocenters. The number of aromatic nitrogens is 3. The van der Waals surface area contributed by atoms with Gasteiger partial charge >= 0.3 is 0 Å². The summed E-state index contributed by atoms with van der Waals surface area (Å²) in [5.74, 6) is -0.208. The van der Waals surface area contributed by atoms with Gasteiger partial charge in [0.15, 0.2) is 11.9 Å². The average Bonchev–Trinajstić information content (AvgIpc) is 3.17. The predicted octanol–water partition coefficient (Wildman–Crippen LogP) is 3.16. The number of hydrogen-bond acceptors (Lipinski definition) is 9. The zero-order chi connectivity index (χ0) is 26.5. The highest BCUT2D eigenvalue weighted by Crippen LogP contribution is 2.19. The van der Waals surface area contributed by atoms with Gasteiger partial charge in [-0.25, -0.2) is 9.97 Å². The lowest BCUT2D eigenvalue weighted by Crippen LogP contribution is -2.24. The van der Waals surface area contributed by atoms with E-state index in [1.54, 1.807) is 29.7 Å². The van der Waals surface area contributed by atoms with Crippen molar-refractivity contribution in [3.8, 4) is 0 Å². The number of carbonyl (C=O) groups excluding carboxylic acids is 2. The second kappa shape index (κ2) is 20.8. The molecular formula is C22H36ClN7O3S. The molecule has 0 radical (unpaired) electrons. The van der Waals surface area contributed by atoms with Gasteiger partial charge in [0.2, 0.25) is 5.95 Å². The number of aliphatic hydroxyl groups is 1. The van der Waals surface area contributed by atoms with Gasteiger partial charge in [0, 0.05) is 30.5 Å². The highest BCUT2D eigenvalue weighted by atomic mass is 35.7. The fourth-order valence-corrected chi connectivity index (χ4v) is 2.35. The van der Waals surface area contributed by atoms with Crippen molar-refractivity contribution in [1.29, 1.82) is 0 Å². The minimum Gasteiger partial charge on any atom is -0.402 e. The number of carbonyl (C=O) groups is 2. The molecule has 2 aromatic heterocycles. The highest BCUT2D eigenvalue weighted by molar-refractivity contribution is 8.20. The van der Waals surface area contributed by atoms with Crippen molar-refractivity contribution in [2.45, 2.75) is 34.2 Å². The molecule has 2 heterocycles. The Kier molecular flexibility index (Phi) is 20.5. The molecule has 12 heteroatoms. The van der Waals surface area contributed by atoms with Crippen LogP contribution in [0.15, 0.2) is 41.2 Å². The average molecular weight is 514 g/mol. The highest BCUT2D eigenvalue weighted by Gasteiger charge is 2.16. The number of halogens is 1. The van der Waals surface area contributed by atoms with Crippen molar-refractivity contribution < 1.29 is 14.7 Å². The number of aldehydes is 1. The maximum atomic E-state index is 12.6. The molecule has 0 aliphatic rings. The zero-order valence-electron chi connectivity index (χ0n) is 20.6. The Labute approximate surface area is 210 Å². The Hall–Kier alpha value is -2.73. The number of amides is 1. The quantitative estimate of drug-likeness (QED) is 0.237.